The van der Waals surface area contributed by atoms with Crippen molar-refractivity contribution >= 4 is 23.1 Å². The highest BCUT2D eigenvalue weighted by atomic mass is 32.2. The van der Waals surface area contributed by atoms with E-state index in [1.807, 2.05) is 23.1 Å². The van der Waals surface area contributed by atoms with Gasteiger partial charge in [0.2, 0.25) is 0 Å². The molecule has 2 heterocycles. The summed E-state index contributed by atoms with van der Waals surface area (Å²) < 4.78 is 5.41. The first kappa shape index (κ1) is 8.60. The van der Waals surface area contributed by atoms with Crippen molar-refractivity contribution < 1.29 is 4.74 Å². The monoisotopic (exact) mass is 200 g/mol. The first-order chi connectivity index (χ1) is 5.95. The topological polar surface area (TPSA) is 9.23 Å². The van der Waals surface area contributed by atoms with E-state index in [0.717, 1.165) is 19.0 Å². The third-order valence-corrected chi connectivity index (χ3v) is 3.97. The van der Waals surface area contributed by atoms with Gasteiger partial charge in [-0.25, -0.2) is 0 Å². The molecule has 0 aliphatic carbocycles. The van der Waals surface area contributed by atoms with Crippen LogP contribution < -0.4 is 0 Å². The van der Waals surface area contributed by atoms with Crippen LogP contribution in [-0.2, 0) is 11.2 Å². The van der Waals surface area contributed by atoms with Crippen molar-refractivity contribution in [3.63, 3.8) is 0 Å². The molecule has 3 heteroatoms. The van der Waals surface area contributed by atoms with Gasteiger partial charge in [-0.05, 0) is 17.9 Å². The lowest BCUT2D eigenvalue weighted by Gasteiger charge is -2.20. The van der Waals surface area contributed by atoms with E-state index in [0.29, 0.717) is 5.25 Å². The van der Waals surface area contributed by atoms with Gasteiger partial charge in [-0.15, -0.1) is 11.3 Å². The van der Waals surface area contributed by atoms with Crippen molar-refractivity contribution in [2.75, 3.05) is 19.0 Å². The fourth-order valence-corrected chi connectivity index (χ4v) is 3.24. The predicted octanol–water partition coefficient (Wildman–Crippen LogP) is 2.42. The maximum absolute atomic E-state index is 5.41. The van der Waals surface area contributed by atoms with E-state index in [2.05, 4.69) is 17.5 Å². The highest BCUT2D eigenvalue weighted by Crippen LogP contribution is 2.22. The number of ether oxygens (including phenoxy) is 1. The summed E-state index contributed by atoms with van der Waals surface area (Å²) in [5.74, 6) is 1.16. The molecule has 1 aromatic rings. The van der Waals surface area contributed by atoms with E-state index >= 15 is 0 Å². The quantitative estimate of drug-likeness (QED) is 0.725. The smallest absolute Gasteiger partial charge is 0.0588 e. The average molecular weight is 200 g/mol. The molecule has 0 radical (unpaired) electrons. The van der Waals surface area contributed by atoms with Crippen LogP contribution in [0.3, 0.4) is 0 Å². The van der Waals surface area contributed by atoms with Gasteiger partial charge in [0.05, 0.1) is 13.2 Å². The molecule has 66 valence electrons. The molecule has 1 saturated heterocycles. The molecule has 2 rings (SSSR count). The summed E-state index contributed by atoms with van der Waals surface area (Å²) >= 11 is 3.89. The van der Waals surface area contributed by atoms with Crippen molar-refractivity contribution in [3.05, 3.63) is 22.4 Å². The first-order valence-electron chi connectivity index (χ1n) is 4.17. The lowest BCUT2D eigenvalue weighted by molar-refractivity contribution is 0.143. The fraction of sp³-hybridized carbons (Fsp3) is 0.556. The molecule has 12 heavy (non-hydrogen) atoms. The average Bonchev–Trinajstić information content (AvgIpc) is 2.59. The Morgan fingerprint density at radius 3 is 3.25 bits per heavy atom. The molecule has 1 aliphatic rings. The third-order valence-electron chi connectivity index (χ3n) is 1.89. The van der Waals surface area contributed by atoms with Crippen molar-refractivity contribution in [1.29, 1.82) is 0 Å². The number of hydrogen-bond acceptors (Lipinski definition) is 3. The van der Waals surface area contributed by atoms with Gasteiger partial charge in [0.25, 0.3) is 0 Å². The molecule has 0 N–H and O–H groups in total. The standard InChI is InChI=1S/C9H12OS2/c1-2-8(11-4-1)6-9-7-10-3-5-12-9/h1-2,4,9H,3,5-7H2. The molecule has 0 spiro atoms. The van der Waals surface area contributed by atoms with Gasteiger partial charge in [-0.3, -0.25) is 0 Å². The lowest BCUT2D eigenvalue weighted by Crippen LogP contribution is -2.22. The number of thioether (sulfide) groups is 1. The highest BCUT2D eigenvalue weighted by molar-refractivity contribution is 8.00. The summed E-state index contributed by atoms with van der Waals surface area (Å²) in [6, 6.07) is 4.33. The van der Waals surface area contributed by atoms with Crippen LogP contribution in [0.15, 0.2) is 17.5 Å². The predicted molar refractivity (Wildman–Crippen MR) is 55.1 cm³/mol. The second kappa shape index (κ2) is 4.30. The van der Waals surface area contributed by atoms with Gasteiger partial charge < -0.3 is 4.74 Å². The van der Waals surface area contributed by atoms with E-state index in [-0.39, 0.29) is 0 Å². The Morgan fingerprint density at radius 2 is 2.58 bits per heavy atom. The summed E-state index contributed by atoms with van der Waals surface area (Å²) in [5, 5.41) is 2.83. The van der Waals surface area contributed by atoms with Gasteiger partial charge in [0.1, 0.15) is 0 Å². The summed E-state index contributed by atoms with van der Waals surface area (Å²) in [6.45, 7) is 1.87. The maximum Gasteiger partial charge on any atom is 0.0588 e. The second-order valence-electron chi connectivity index (χ2n) is 2.85. The van der Waals surface area contributed by atoms with E-state index < -0.39 is 0 Å². The summed E-state index contributed by atoms with van der Waals surface area (Å²) in [7, 11) is 0. The molecule has 0 saturated carbocycles. The zero-order valence-corrected chi connectivity index (χ0v) is 8.50. The highest BCUT2D eigenvalue weighted by Gasteiger charge is 2.14. The minimum absolute atomic E-state index is 0.692. The molecule has 1 nitrogen and oxygen atoms in total. The number of hydrogen-bond donors (Lipinski definition) is 0. The van der Waals surface area contributed by atoms with Gasteiger partial charge in [0.15, 0.2) is 0 Å². The van der Waals surface area contributed by atoms with Crippen molar-refractivity contribution in [3.8, 4) is 0 Å². The van der Waals surface area contributed by atoms with Crippen molar-refractivity contribution in [2.24, 2.45) is 0 Å². The SMILES string of the molecule is c1csc(CC2COCCS2)c1. The molecular formula is C9H12OS2. The molecule has 1 unspecified atom stereocenters. The first-order valence-corrected chi connectivity index (χ1v) is 6.10. The van der Waals surface area contributed by atoms with Crippen LogP contribution in [-0.4, -0.2) is 24.2 Å². The molecule has 0 aromatic carbocycles. The molecule has 1 aliphatic heterocycles. The van der Waals surface area contributed by atoms with Crippen LogP contribution >= 0.6 is 23.1 Å². The van der Waals surface area contributed by atoms with Gasteiger partial charge in [0, 0.05) is 15.9 Å². The van der Waals surface area contributed by atoms with E-state index in [9.17, 15) is 0 Å². The van der Waals surface area contributed by atoms with Gasteiger partial charge >= 0.3 is 0 Å². The van der Waals surface area contributed by atoms with Crippen molar-refractivity contribution in [1.82, 2.24) is 0 Å². The molecule has 1 atom stereocenters. The minimum atomic E-state index is 0.692. The Bertz CT molecular complexity index is 214. The van der Waals surface area contributed by atoms with Crippen LogP contribution in [0.4, 0.5) is 0 Å². The normalized spacial score (nSPS) is 24.2. The maximum atomic E-state index is 5.41. The number of thiophene rings is 1. The molecule has 0 amide bonds. The molecule has 1 fully saturated rings. The summed E-state index contributed by atoms with van der Waals surface area (Å²) in [6.07, 6.45) is 1.18. The third kappa shape index (κ3) is 2.25. The van der Waals surface area contributed by atoms with Crippen LogP contribution in [0.5, 0.6) is 0 Å². The van der Waals surface area contributed by atoms with Gasteiger partial charge in [-0.2, -0.15) is 11.8 Å². The summed E-state index contributed by atoms with van der Waals surface area (Å²) in [4.78, 5) is 1.48. The fourth-order valence-electron chi connectivity index (χ4n) is 1.31. The molecular weight excluding hydrogens is 188 g/mol. The van der Waals surface area contributed by atoms with Gasteiger partial charge in [-0.1, -0.05) is 6.07 Å². The van der Waals surface area contributed by atoms with Crippen LogP contribution in [0.25, 0.3) is 0 Å². The molecule has 1 aromatic heterocycles. The Hall–Kier alpha value is 0.01000. The zero-order chi connectivity index (χ0) is 8.23. The minimum Gasteiger partial charge on any atom is -0.379 e. The van der Waals surface area contributed by atoms with E-state index in [1.165, 1.54) is 11.3 Å². The Kier molecular flexibility index (Phi) is 3.08. The van der Waals surface area contributed by atoms with Crippen molar-refractivity contribution in [2.45, 2.75) is 11.7 Å². The molecule has 0 bridgehead atoms. The summed E-state index contributed by atoms with van der Waals surface area (Å²) in [5.41, 5.74) is 0. The Labute approximate surface area is 81.1 Å². The van der Waals surface area contributed by atoms with E-state index in [1.54, 1.807) is 0 Å². The Balaban J connectivity index is 1.86. The van der Waals surface area contributed by atoms with Crippen LogP contribution in [0, 0.1) is 0 Å². The lowest BCUT2D eigenvalue weighted by atomic mass is 10.3. The Morgan fingerprint density at radius 1 is 1.58 bits per heavy atom. The number of rotatable bonds is 2. The van der Waals surface area contributed by atoms with Crippen LogP contribution in [0.2, 0.25) is 0 Å². The van der Waals surface area contributed by atoms with E-state index in [4.69, 9.17) is 4.74 Å². The largest absolute Gasteiger partial charge is 0.379 e. The van der Waals surface area contributed by atoms with Crippen LogP contribution in [0.1, 0.15) is 4.88 Å². The second-order valence-corrected chi connectivity index (χ2v) is 5.29. The zero-order valence-electron chi connectivity index (χ0n) is 6.86.